The van der Waals surface area contributed by atoms with Gasteiger partial charge < -0.3 is 10.6 Å². The first-order valence-corrected chi connectivity index (χ1v) is 6.82. The Kier molecular flexibility index (Phi) is 4.64. The van der Waals surface area contributed by atoms with Crippen molar-refractivity contribution in [1.82, 2.24) is 0 Å². The van der Waals surface area contributed by atoms with Crippen LogP contribution in [0, 0.1) is 0 Å². The van der Waals surface area contributed by atoms with Crippen molar-refractivity contribution < 1.29 is 4.79 Å². The Balaban J connectivity index is 2.09. The molecule has 0 aromatic heterocycles. The molecule has 0 aliphatic rings. The highest BCUT2D eigenvalue weighted by Gasteiger charge is 2.05. The van der Waals surface area contributed by atoms with Gasteiger partial charge in [0.1, 0.15) is 0 Å². The van der Waals surface area contributed by atoms with Gasteiger partial charge >= 0.3 is 0 Å². The van der Waals surface area contributed by atoms with Crippen molar-refractivity contribution in [2.24, 2.45) is 0 Å². The molecule has 0 bridgehead atoms. The van der Waals surface area contributed by atoms with Gasteiger partial charge in [0.25, 0.3) is 0 Å². The van der Waals surface area contributed by atoms with Gasteiger partial charge in [-0.15, -0.1) is 0 Å². The minimum atomic E-state index is -0.0760. The standard InChI is InChI=1S/C16H17ClN2O/c1-11(13-6-8-14(17)9-7-13)18-15-4-3-5-16(10-15)19-12(2)20/h3-11,18H,1-2H3,(H,19,20). The number of hydrogen-bond acceptors (Lipinski definition) is 2. The van der Waals surface area contributed by atoms with Crippen LogP contribution in [0.1, 0.15) is 25.5 Å². The van der Waals surface area contributed by atoms with Crippen LogP contribution in [0.4, 0.5) is 11.4 Å². The molecule has 0 fully saturated rings. The minimum Gasteiger partial charge on any atom is -0.378 e. The molecule has 20 heavy (non-hydrogen) atoms. The van der Waals surface area contributed by atoms with Gasteiger partial charge in [0.05, 0.1) is 0 Å². The molecule has 0 saturated heterocycles. The number of amides is 1. The van der Waals surface area contributed by atoms with E-state index in [0.717, 1.165) is 22.0 Å². The molecule has 0 radical (unpaired) electrons. The number of rotatable bonds is 4. The van der Waals surface area contributed by atoms with Gasteiger partial charge in [-0.3, -0.25) is 4.79 Å². The van der Waals surface area contributed by atoms with Crippen LogP contribution in [0.3, 0.4) is 0 Å². The summed E-state index contributed by atoms with van der Waals surface area (Å²) in [5, 5.41) is 6.90. The maximum atomic E-state index is 11.1. The lowest BCUT2D eigenvalue weighted by Crippen LogP contribution is -2.08. The molecule has 2 N–H and O–H groups in total. The van der Waals surface area contributed by atoms with E-state index < -0.39 is 0 Å². The van der Waals surface area contributed by atoms with Gasteiger partial charge in [0.2, 0.25) is 5.91 Å². The summed E-state index contributed by atoms with van der Waals surface area (Å²) < 4.78 is 0. The Bertz CT molecular complexity index is 596. The zero-order valence-electron chi connectivity index (χ0n) is 11.5. The summed E-state index contributed by atoms with van der Waals surface area (Å²) in [6.45, 7) is 3.57. The highest BCUT2D eigenvalue weighted by molar-refractivity contribution is 6.30. The second-order valence-corrected chi connectivity index (χ2v) is 5.12. The predicted molar refractivity (Wildman–Crippen MR) is 84.2 cm³/mol. The molecule has 0 heterocycles. The highest BCUT2D eigenvalue weighted by Crippen LogP contribution is 2.22. The molecular weight excluding hydrogens is 272 g/mol. The summed E-state index contributed by atoms with van der Waals surface area (Å²) in [5.74, 6) is -0.0760. The number of carbonyl (C=O) groups is 1. The lowest BCUT2D eigenvalue weighted by atomic mass is 10.1. The van der Waals surface area contributed by atoms with Crippen molar-refractivity contribution in [1.29, 1.82) is 0 Å². The number of nitrogens with one attached hydrogen (secondary N) is 2. The van der Waals surface area contributed by atoms with Crippen LogP contribution >= 0.6 is 11.6 Å². The summed E-state index contributed by atoms with van der Waals surface area (Å²) in [4.78, 5) is 11.1. The van der Waals surface area contributed by atoms with Crippen molar-refractivity contribution in [3.8, 4) is 0 Å². The van der Waals surface area contributed by atoms with Crippen LogP contribution in [-0.2, 0) is 4.79 Å². The van der Waals surface area contributed by atoms with Gasteiger partial charge in [-0.2, -0.15) is 0 Å². The smallest absolute Gasteiger partial charge is 0.221 e. The van der Waals surface area contributed by atoms with Crippen LogP contribution in [0.5, 0.6) is 0 Å². The molecule has 4 heteroatoms. The number of benzene rings is 2. The predicted octanol–water partition coefficient (Wildman–Crippen LogP) is 4.47. The van der Waals surface area contributed by atoms with Crippen molar-refractivity contribution in [3.63, 3.8) is 0 Å². The van der Waals surface area contributed by atoms with E-state index in [1.807, 2.05) is 48.5 Å². The zero-order valence-corrected chi connectivity index (χ0v) is 12.2. The van der Waals surface area contributed by atoms with Crippen molar-refractivity contribution in [3.05, 3.63) is 59.1 Å². The van der Waals surface area contributed by atoms with Gasteiger partial charge in [0, 0.05) is 29.4 Å². The number of halogens is 1. The zero-order chi connectivity index (χ0) is 14.5. The minimum absolute atomic E-state index is 0.0760. The molecule has 3 nitrogen and oxygen atoms in total. The molecule has 1 unspecified atom stereocenters. The quantitative estimate of drug-likeness (QED) is 0.871. The van der Waals surface area contributed by atoms with Gasteiger partial charge in [-0.25, -0.2) is 0 Å². The van der Waals surface area contributed by atoms with Crippen molar-refractivity contribution >= 4 is 28.9 Å². The Labute approximate surface area is 124 Å². The molecule has 0 spiro atoms. The Hall–Kier alpha value is -2.00. The normalized spacial score (nSPS) is 11.8. The van der Waals surface area contributed by atoms with Crippen molar-refractivity contribution in [2.75, 3.05) is 10.6 Å². The monoisotopic (exact) mass is 288 g/mol. The van der Waals surface area contributed by atoms with E-state index in [2.05, 4.69) is 17.6 Å². The highest BCUT2D eigenvalue weighted by atomic mass is 35.5. The third-order valence-electron chi connectivity index (χ3n) is 2.94. The van der Waals surface area contributed by atoms with Crippen LogP contribution in [0.25, 0.3) is 0 Å². The lowest BCUT2D eigenvalue weighted by Gasteiger charge is -2.16. The average molecular weight is 289 g/mol. The summed E-state index contributed by atoms with van der Waals surface area (Å²) >= 11 is 5.89. The Morgan fingerprint density at radius 3 is 2.40 bits per heavy atom. The molecular formula is C16H17ClN2O. The average Bonchev–Trinajstić information content (AvgIpc) is 2.39. The number of hydrogen-bond donors (Lipinski definition) is 2. The van der Waals surface area contributed by atoms with E-state index in [9.17, 15) is 4.79 Å². The number of anilines is 2. The fraction of sp³-hybridized carbons (Fsp3) is 0.188. The van der Waals surface area contributed by atoms with E-state index in [1.54, 1.807) is 0 Å². The van der Waals surface area contributed by atoms with Gasteiger partial charge in [-0.1, -0.05) is 29.8 Å². The van der Waals surface area contributed by atoms with Crippen LogP contribution in [0.15, 0.2) is 48.5 Å². The maximum Gasteiger partial charge on any atom is 0.221 e. The molecule has 2 aromatic rings. The second kappa shape index (κ2) is 6.44. The molecule has 0 aliphatic heterocycles. The largest absolute Gasteiger partial charge is 0.378 e. The summed E-state index contributed by atoms with van der Waals surface area (Å²) in [6, 6.07) is 15.5. The van der Waals surface area contributed by atoms with Crippen molar-refractivity contribution in [2.45, 2.75) is 19.9 Å². The molecule has 2 rings (SSSR count). The lowest BCUT2D eigenvalue weighted by molar-refractivity contribution is -0.114. The Morgan fingerprint density at radius 1 is 1.10 bits per heavy atom. The fourth-order valence-electron chi connectivity index (χ4n) is 1.97. The summed E-state index contributed by atoms with van der Waals surface area (Å²) in [5.41, 5.74) is 2.89. The van der Waals surface area contributed by atoms with E-state index >= 15 is 0 Å². The molecule has 104 valence electrons. The van der Waals surface area contributed by atoms with E-state index in [4.69, 9.17) is 11.6 Å². The SMILES string of the molecule is CC(=O)Nc1cccc(NC(C)c2ccc(Cl)cc2)c1. The summed E-state index contributed by atoms with van der Waals surface area (Å²) in [6.07, 6.45) is 0. The first kappa shape index (κ1) is 14.4. The van der Waals surface area contributed by atoms with Gasteiger partial charge in [-0.05, 0) is 42.8 Å². The first-order chi connectivity index (χ1) is 9.54. The van der Waals surface area contributed by atoms with Crippen LogP contribution < -0.4 is 10.6 Å². The molecule has 0 saturated carbocycles. The molecule has 0 aliphatic carbocycles. The van der Waals surface area contributed by atoms with E-state index in [-0.39, 0.29) is 11.9 Å². The molecule has 2 aromatic carbocycles. The van der Waals surface area contributed by atoms with Gasteiger partial charge in [0.15, 0.2) is 0 Å². The fourth-order valence-corrected chi connectivity index (χ4v) is 2.10. The molecule has 1 atom stereocenters. The third kappa shape index (κ3) is 4.00. The second-order valence-electron chi connectivity index (χ2n) is 4.68. The summed E-state index contributed by atoms with van der Waals surface area (Å²) in [7, 11) is 0. The molecule has 1 amide bonds. The third-order valence-corrected chi connectivity index (χ3v) is 3.19. The maximum absolute atomic E-state index is 11.1. The topological polar surface area (TPSA) is 41.1 Å². The first-order valence-electron chi connectivity index (χ1n) is 6.44. The van der Waals surface area contributed by atoms with Crippen LogP contribution in [0.2, 0.25) is 5.02 Å². The Morgan fingerprint density at radius 2 is 1.75 bits per heavy atom. The van der Waals surface area contributed by atoms with E-state index in [1.165, 1.54) is 6.92 Å². The number of carbonyl (C=O) groups excluding carboxylic acids is 1. The van der Waals surface area contributed by atoms with Crippen LogP contribution in [-0.4, -0.2) is 5.91 Å². The van der Waals surface area contributed by atoms with E-state index in [0.29, 0.717) is 0 Å².